The Hall–Kier alpha value is -3.34. The smallest absolute Gasteiger partial charge is 0.417 e. The minimum Gasteiger partial charge on any atom is -1.00 e. The van der Waals surface area contributed by atoms with Crippen molar-refractivity contribution in [1.82, 2.24) is 4.90 Å². The molecule has 9 heteroatoms. The van der Waals surface area contributed by atoms with E-state index in [2.05, 4.69) is 6.92 Å². The molecule has 1 aromatic heterocycles. The Bertz CT molecular complexity index is 1350. The molecule has 0 saturated carbocycles. The summed E-state index contributed by atoms with van der Waals surface area (Å²) in [6.45, 7) is 2.88. The lowest BCUT2D eigenvalue weighted by Gasteiger charge is -2.20. The Morgan fingerprint density at radius 1 is 0.723 bits per heavy atom. The van der Waals surface area contributed by atoms with Crippen LogP contribution < -0.4 is 42.8 Å². The summed E-state index contributed by atoms with van der Waals surface area (Å²) >= 11 is 0. The van der Waals surface area contributed by atoms with Gasteiger partial charge in [0.2, 0.25) is 5.69 Å². The number of benzene rings is 2. The van der Waals surface area contributed by atoms with E-state index in [-0.39, 0.29) is 42.7 Å². The number of hydrogen-bond acceptors (Lipinski definition) is 6. The highest BCUT2D eigenvalue weighted by Crippen LogP contribution is 2.29. The lowest BCUT2D eigenvalue weighted by atomic mass is 10.1. The van der Waals surface area contributed by atoms with E-state index in [0.29, 0.717) is 23.9 Å². The number of carbonyl (C=O) groups is 2. The van der Waals surface area contributed by atoms with Crippen molar-refractivity contribution in [1.29, 1.82) is 0 Å². The predicted octanol–water partition coefficient (Wildman–Crippen LogP) is 5.59. The van der Waals surface area contributed by atoms with Crippen LogP contribution in [0.25, 0.3) is 0 Å². The van der Waals surface area contributed by atoms with Crippen LogP contribution in [0.15, 0.2) is 66.9 Å². The molecule has 2 amide bonds. The number of methoxy groups -OCH3 is 2. The number of aromatic nitrogens is 1. The van der Waals surface area contributed by atoms with Crippen LogP contribution in [0.1, 0.15) is 106 Å². The summed E-state index contributed by atoms with van der Waals surface area (Å²) in [4.78, 5) is 28.1. The van der Waals surface area contributed by atoms with Crippen molar-refractivity contribution in [2.45, 2.75) is 97.1 Å². The summed E-state index contributed by atoms with van der Waals surface area (Å²) < 4.78 is 24.5. The maximum Gasteiger partial charge on any atom is 0.417 e. The first-order valence-electron chi connectivity index (χ1n) is 16.8. The fourth-order valence-corrected chi connectivity index (χ4v) is 5.34. The Morgan fingerprint density at radius 3 is 1.98 bits per heavy atom. The van der Waals surface area contributed by atoms with Crippen molar-refractivity contribution >= 4 is 12.0 Å². The molecule has 0 aliphatic heterocycles. The van der Waals surface area contributed by atoms with E-state index in [1.807, 2.05) is 48.1 Å². The van der Waals surface area contributed by atoms with Crippen molar-refractivity contribution in [3.8, 4) is 17.2 Å². The molecule has 0 saturated heterocycles. The normalized spacial score (nSPS) is 10.6. The standard InChI is InChI=1S/C38H53N2O6.HI/c1-5-6-7-8-9-10-11-12-13-14-15-20-27-45-35-25-24-31(28-36(35)44-4)30-46-38(42)40(29-32-21-18-19-26-39(32)2)37(41)33-22-16-17-23-34(33)43-3;/h16-19,21-26,28H,5-15,20,27,29-30H2,1-4H3;1H/q+1;/p-1. The molecule has 0 N–H and O–H groups in total. The predicted molar refractivity (Wildman–Crippen MR) is 180 cm³/mol. The Balaban J connectivity index is 0.00000768. The molecule has 0 aliphatic rings. The molecule has 0 atom stereocenters. The Kier molecular flexibility index (Phi) is 19.5. The molecule has 3 aromatic rings. The second kappa shape index (κ2) is 23.1. The zero-order valence-corrected chi connectivity index (χ0v) is 30.8. The van der Waals surface area contributed by atoms with Crippen LogP contribution in [-0.2, 0) is 24.9 Å². The Labute approximate surface area is 298 Å². The van der Waals surface area contributed by atoms with Gasteiger partial charge in [0.15, 0.2) is 17.7 Å². The molecule has 3 rings (SSSR count). The van der Waals surface area contributed by atoms with E-state index in [0.717, 1.165) is 29.0 Å². The largest absolute Gasteiger partial charge is 1.00 e. The number of ether oxygens (including phenoxy) is 4. The molecule has 8 nitrogen and oxygen atoms in total. The number of para-hydroxylation sites is 1. The summed E-state index contributed by atoms with van der Waals surface area (Å²) in [7, 11) is 4.95. The summed E-state index contributed by atoms with van der Waals surface area (Å²) in [5.41, 5.74) is 1.76. The number of aryl methyl sites for hydroxylation is 1. The highest BCUT2D eigenvalue weighted by Gasteiger charge is 2.29. The van der Waals surface area contributed by atoms with Gasteiger partial charge in [0.05, 0.1) is 26.4 Å². The first-order valence-corrected chi connectivity index (χ1v) is 16.8. The van der Waals surface area contributed by atoms with Gasteiger partial charge in [0, 0.05) is 12.1 Å². The molecule has 0 aliphatic carbocycles. The van der Waals surface area contributed by atoms with Crippen molar-refractivity contribution in [2.75, 3.05) is 20.8 Å². The molecule has 1 heterocycles. The first-order chi connectivity index (χ1) is 22.5. The van der Waals surface area contributed by atoms with Gasteiger partial charge < -0.3 is 42.9 Å². The summed E-state index contributed by atoms with van der Waals surface area (Å²) in [6, 6.07) is 17.9. The van der Waals surface area contributed by atoms with Crippen LogP contribution in [0.2, 0.25) is 0 Å². The maximum absolute atomic E-state index is 13.6. The van der Waals surface area contributed by atoms with Crippen molar-refractivity contribution < 1.29 is 57.1 Å². The van der Waals surface area contributed by atoms with Crippen LogP contribution in [-0.4, -0.2) is 37.7 Å². The number of nitrogens with zero attached hydrogens (tertiary/aromatic N) is 2. The van der Waals surface area contributed by atoms with Gasteiger partial charge in [-0.3, -0.25) is 4.79 Å². The van der Waals surface area contributed by atoms with Crippen molar-refractivity contribution in [3.63, 3.8) is 0 Å². The highest BCUT2D eigenvalue weighted by atomic mass is 127. The molecule has 47 heavy (non-hydrogen) atoms. The molecule has 2 aromatic carbocycles. The fourth-order valence-electron chi connectivity index (χ4n) is 5.34. The van der Waals surface area contributed by atoms with E-state index in [1.54, 1.807) is 37.4 Å². The molecule has 0 radical (unpaired) electrons. The van der Waals surface area contributed by atoms with E-state index in [4.69, 9.17) is 18.9 Å². The summed E-state index contributed by atoms with van der Waals surface area (Å²) in [5, 5.41) is 0. The summed E-state index contributed by atoms with van der Waals surface area (Å²) in [5.74, 6) is 1.10. The van der Waals surface area contributed by atoms with Crippen molar-refractivity contribution in [3.05, 3.63) is 83.7 Å². The van der Waals surface area contributed by atoms with E-state index < -0.39 is 12.0 Å². The molecule has 0 unspecified atom stereocenters. The highest BCUT2D eigenvalue weighted by molar-refractivity contribution is 6.04. The number of unbranched alkanes of at least 4 members (excludes halogenated alkanes) is 11. The van der Waals surface area contributed by atoms with Gasteiger partial charge in [-0.2, -0.15) is 0 Å². The first kappa shape index (κ1) is 39.8. The van der Waals surface area contributed by atoms with Crippen LogP contribution in [0.4, 0.5) is 4.79 Å². The second-order valence-electron chi connectivity index (χ2n) is 11.7. The number of hydrogen-bond donors (Lipinski definition) is 0. The number of halogens is 1. The third-order valence-corrected chi connectivity index (χ3v) is 8.13. The summed E-state index contributed by atoms with van der Waals surface area (Å²) in [6.07, 6.45) is 16.7. The lowest BCUT2D eigenvalue weighted by molar-refractivity contribution is -0.679. The van der Waals surface area contributed by atoms with Gasteiger partial charge in [0.1, 0.15) is 25.9 Å². The average Bonchev–Trinajstić information content (AvgIpc) is 3.08. The SMILES string of the molecule is CCCCCCCCCCCCCCOc1ccc(COC(=O)N(Cc2cccc[n+]2C)C(=O)c2ccccc2OC)cc1OC.[I-]. The fraction of sp³-hybridized carbons (Fsp3) is 0.500. The zero-order valence-electron chi connectivity index (χ0n) is 28.7. The average molecular weight is 761 g/mol. The minimum atomic E-state index is -0.758. The van der Waals surface area contributed by atoms with Gasteiger partial charge in [0.25, 0.3) is 5.91 Å². The Morgan fingerprint density at radius 2 is 1.34 bits per heavy atom. The maximum atomic E-state index is 13.6. The number of imide groups is 1. The lowest BCUT2D eigenvalue weighted by Crippen LogP contribution is -3.00. The molecular weight excluding hydrogens is 707 g/mol. The van der Waals surface area contributed by atoms with Crippen LogP contribution in [0.3, 0.4) is 0 Å². The topological polar surface area (TPSA) is 78.2 Å². The van der Waals surface area contributed by atoms with Crippen molar-refractivity contribution in [2.24, 2.45) is 7.05 Å². The number of rotatable bonds is 21. The van der Waals surface area contributed by atoms with E-state index in [1.165, 1.54) is 71.3 Å². The van der Waals surface area contributed by atoms with Crippen LogP contribution in [0, 0.1) is 0 Å². The molecular formula is C38H53IN2O6. The minimum absolute atomic E-state index is 0. The third kappa shape index (κ3) is 13.7. The van der Waals surface area contributed by atoms with Gasteiger partial charge in [-0.25, -0.2) is 14.3 Å². The van der Waals surface area contributed by atoms with E-state index >= 15 is 0 Å². The van der Waals surface area contributed by atoms with Gasteiger partial charge >= 0.3 is 6.09 Å². The third-order valence-electron chi connectivity index (χ3n) is 8.13. The molecule has 258 valence electrons. The van der Waals surface area contributed by atoms with Crippen LogP contribution in [0.5, 0.6) is 17.2 Å². The second-order valence-corrected chi connectivity index (χ2v) is 11.7. The quantitative estimate of drug-likeness (QED) is 0.0801. The molecule has 0 fully saturated rings. The van der Waals surface area contributed by atoms with Crippen LogP contribution >= 0.6 is 0 Å². The number of amides is 2. The van der Waals surface area contributed by atoms with Gasteiger partial charge in [-0.15, -0.1) is 0 Å². The van der Waals surface area contributed by atoms with Gasteiger partial charge in [-0.1, -0.05) is 102 Å². The number of carbonyl (C=O) groups excluding carboxylic acids is 2. The van der Waals surface area contributed by atoms with Gasteiger partial charge in [-0.05, 0) is 36.2 Å². The molecule has 0 spiro atoms. The zero-order chi connectivity index (χ0) is 33.0. The van der Waals surface area contributed by atoms with E-state index in [9.17, 15) is 9.59 Å². The monoisotopic (exact) mass is 760 g/mol. The molecule has 0 bridgehead atoms. The number of pyridine rings is 1.